The van der Waals surface area contributed by atoms with Crippen molar-refractivity contribution in [2.45, 2.75) is 6.42 Å². The van der Waals surface area contributed by atoms with Crippen molar-refractivity contribution < 1.29 is 4.92 Å². The summed E-state index contributed by atoms with van der Waals surface area (Å²) in [4.78, 5) is 9.61. The monoisotopic (exact) mass is 155 g/mol. The molecule has 0 saturated carbocycles. The number of aryl methyl sites for hydroxylation is 1. The number of aromatic nitrogens is 2. The Kier molecular flexibility index (Phi) is 2.20. The molecule has 0 unspecified atom stereocenters. The van der Waals surface area contributed by atoms with Gasteiger partial charge in [-0.3, -0.25) is 14.8 Å². The molecule has 0 N–H and O–H groups in total. The summed E-state index contributed by atoms with van der Waals surface area (Å²) in [6, 6.07) is 1.78. The van der Waals surface area contributed by atoms with Crippen molar-refractivity contribution in [1.29, 1.82) is 0 Å². The van der Waals surface area contributed by atoms with Crippen LogP contribution in [0.2, 0.25) is 0 Å². The molecule has 0 aliphatic carbocycles. The van der Waals surface area contributed by atoms with Crippen LogP contribution >= 0.6 is 0 Å². The average Bonchev–Trinajstić information content (AvgIpc) is 2.31. The molecule has 11 heavy (non-hydrogen) atoms. The highest BCUT2D eigenvalue weighted by atomic mass is 16.6. The molecule has 0 aromatic carbocycles. The van der Waals surface area contributed by atoms with Crippen LogP contribution in [-0.2, 0) is 13.5 Å². The predicted molar refractivity (Wildman–Crippen MR) is 38.8 cm³/mol. The lowest BCUT2D eigenvalue weighted by Crippen LogP contribution is -2.04. The van der Waals surface area contributed by atoms with Crippen molar-refractivity contribution in [2.24, 2.45) is 7.05 Å². The molecule has 1 heterocycles. The van der Waals surface area contributed by atoms with Crippen LogP contribution in [0.25, 0.3) is 0 Å². The van der Waals surface area contributed by atoms with Gasteiger partial charge in [0.15, 0.2) is 0 Å². The summed E-state index contributed by atoms with van der Waals surface area (Å²) in [5, 5.41) is 13.9. The van der Waals surface area contributed by atoms with E-state index >= 15 is 0 Å². The molecule has 0 saturated heterocycles. The zero-order chi connectivity index (χ0) is 8.27. The van der Waals surface area contributed by atoms with E-state index in [-0.39, 0.29) is 11.5 Å². The first kappa shape index (κ1) is 7.71. The molecule has 1 rings (SSSR count). The molecule has 0 fully saturated rings. The van der Waals surface area contributed by atoms with Crippen LogP contribution in [0.5, 0.6) is 0 Å². The number of hydrogen-bond acceptors (Lipinski definition) is 3. The summed E-state index contributed by atoms with van der Waals surface area (Å²) >= 11 is 0. The predicted octanol–water partition coefficient (Wildman–Crippen LogP) is 0.239. The minimum Gasteiger partial charge on any atom is -0.276 e. The Hall–Kier alpha value is -1.39. The SMILES string of the molecule is Cn1ccc(CC[N+](=O)[O-])n1. The van der Waals surface area contributed by atoms with Crippen LogP contribution in [-0.4, -0.2) is 21.2 Å². The average molecular weight is 155 g/mol. The lowest BCUT2D eigenvalue weighted by molar-refractivity contribution is -0.479. The van der Waals surface area contributed by atoms with Gasteiger partial charge in [-0.05, 0) is 6.07 Å². The van der Waals surface area contributed by atoms with Gasteiger partial charge in [-0.25, -0.2) is 0 Å². The second kappa shape index (κ2) is 3.14. The van der Waals surface area contributed by atoms with Crippen LogP contribution in [0.1, 0.15) is 5.69 Å². The lowest BCUT2D eigenvalue weighted by Gasteiger charge is -1.89. The van der Waals surface area contributed by atoms with E-state index in [1.54, 1.807) is 24.0 Å². The van der Waals surface area contributed by atoms with Crippen molar-refractivity contribution in [3.05, 3.63) is 28.1 Å². The fraction of sp³-hybridized carbons (Fsp3) is 0.500. The van der Waals surface area contributed by atoms with Gasteiger partial charge in [0.05, 0.1) is 12.1 Å². The Bertz CT molecular complexity index is 256. The van der Waals surface area contributed by atoms with E-state index in [0.29, 0.717) is 6.42 Å². The van der Waals surface area contributed by atoms with E-state index in [2.05, 4.69) is 5.10 Å². The molecule has 0 aliphatic heterocycles. The smallest absolute Gasteiger partial charge is 0.209 e. The quantitative estimate of drug-likeness (QED) is 0.464. The van der Waals surface area contributed by atoms with Crippen LogP contribution in [0, 0.1) is 10.1 Å². The van der Waals surface area contributed by atoms with Crippen molar-refractivity contribution in [1.82, 2.24) is 9.78 Å². The molecule has 0 radical (unpaired) electrons. The summed E-state index contributed by atoms with van der Waals surface area (Å²) in [6.07, 6.45) is 2.18. The third kappa shape index (κ3) is 2.37. The minimum absolute atomic E-state index is 0.0446. The van der Waals surface area contributed by atoms with Gasteiger partial charge in [0, 0.05) is 18.2 Å². The highest BCUT2D eigenvalue weighted by Gasteiger charge is 2.01. The summed E-state index contributed by atoms with van der Waals surface area (Å²) in [5.74, 6) is 0. The largest absolute Gasteiger partial charge is 0.276 e. The molecule has 1 aromatic heterocycles. The number of rotatable bonds is 3. The molecule has 0 aliphatic rings. The first-order chi connectivity index (χ1) is 5.18. The molecule has 5 heteroatoms. The standard InChI is InChI=1S/C6H9N3O2/c1-8-4-2-6(7-8)3-5-9(10)11/h2,4H,3,5H2,1H3. The maximum Gasteiger partial charge on any atom is 0.209 e. The summed E-state index contributed by atoms with van der Waals surface area (Å²) < 4.78 is 1.63. The Morgan fingerprint density at radius 3 is 3.00 bits per heavy atom. The van der Waals surface area contributed by atoms with Gasteiger partial charge < -0.3 is 0 Å². The van der Waals surface area contributed by atoms with Crippen molar-refractivity contribution in [2.75, 3.05) is 6.54 Å². The molecule has 0 bridgehead atoms. The van der Waals surface area contributed by atoms with Crippen LogP contribution in [0.4, 0.5) is 0 Å². The Labute approximate surface area is 63.8 Å². The van der Waals surface area contributed by atoms with Crippen molar-refractivity contribution in [3.63, 3.8) is 0 Å². The lowest BCUT2D eigenvalue weighted by atomic mass is 10.3. The van der Waals surface area contributed by atoms with E-state index in [9.17, 15) is 10.1 Å². The van der Waals surface area contributed by atoms with Gasteiger partial charge in [0.2, 0.25) is 6.54 Å². The maximum atomic E-state index is 9.95. The van der Waals surface area contributed by atoms with Gasteiger partial charge in [-0.2, -0.15) is 5.10 Å². The van der Waals surface area contributed by atoms with E-state index < -0.39 is 0 Å². The molecular weight excluding hydrogens is 146 g/mol. The fourth-order valence-electron chi connectivity index (χ4n) is 0.802. The van der Waals surface area contributed by atoms with Gasteiger partial charge in [-0.15, -0.1) is 0 Å². The fourth-order valence-corrected chi connectivity index (χ4v) is 0.802. The topological polar surface area (TPSA) is 61.0 Å². The first-order valence-electron chi connectivity index (χ1n) is 3.29. The van der Waals surface area contributed by atoms with E-state index in [0.717, 1.165) is 5.69 Å². The highest BCUT2D eigenvalue weighted by Crippen LogP contribution is 1.94. The third-order valence-electron chi connectivity index (χ3n) is 1.32. The zero-order valence-electron chi connectivity index (χ0n) is 6.23. The second-order valence-corrected chi connectivity index (χ2v) is 2.29. The molecule has 5 nitrogen and oxygen atoms in total. The molecule has 1 aromatic rings. The first-order valence-corrected chi connectivity index (χ1v) is 3.29. The van der Waals surface area contributed by atoms with E-state index in [4.69, 9.17) is 0 Å². The normalized spacial score (nSPS) is 9.91. The van der Waals surface area contributed by atoms with Gasteiger partial charge in [0.1, 0.15) is 0 Å². The zero-order valence-corrected chi connectivity index (χ0v) is 6.23. The minimum atomic E-state index is -0.339. The molecule has 0 spiro atoms. The molecule has 60 valence electrons. The van der Waals surface area contributed by atoms with E-state index in [1.807, 2.05) is 0 Å². The summed E-state index contributed by atoms with van der Waals surface area (Å²) in [5.41, 5.74) is 0.768. The number of hydrogen-bond donors (Lipinski definition) is 0. The van der Waals surface area contributed by atoms with Crippen LogP contribution in [0.15, 0.2) is 12.3 Å². The summed E-state index contributed by atoms with van der Waals surface area (Å²) in [7, 11) is 1.79. The number of nitrogens with zero attached hydrogens (tertiary/aromatic N) is 3. The van der Waals surface area contributed by atoms with Gasteiger partial charge >= 0.3 is 0 Å². The summed E-state index contributed by atoms with van der Waals surface area (Å²) in [6.45, 7) is -0.0446. The molecule has 0 amide bonds. The van der Waals surface area contributed by atoms with Gasteiger partial charge in [-0.1, -0.05) is 0 Å². The highest BCUT2D eigenvalue weighted by molar-refractivity contribution is 4.98. The molecular formula is C6H9N3O2. The maximum absolute atomic E-state index is 9.95. The third-order valence-corrected chi connectivity index (χ3v) is 1.32. The van der Waals surface area contributed by atoms with Crippen LogP contribution < -0.4 is 0 Å². The van der Waals surface area contributed by atoms with E-state index in [1.165, 1.54) is 0 Å². The Morgan fingerprint density at radius 2 is 2.55 bits per heavy atom. The molecule has 0 atom stereocenters. The van der Waals surface area contributed by atoms with Gasteiger partial charge in [0.25, 0.3) is 0 Å². The van der Waals surface area contributed by atoms with Crippen LogP contribution in [0.3, 0.4) is 0 Å². The Morgan fingerprint density at radius 1 is 1.82 bits per heavy atom. The second-order valence-electron chi connectivity index (χ2n) is 2.29. The van der Waals surface area contributed by atoms with Crippen molar-refractivity contribution in [3.8, 4) is 0 Å². The van der Waals surface area contributed by atoms with Crippen molar-refractivity contribution >= 4 is 0 Å². The Balaban J connectivity index is 2.45. The number of nitro groups is 1.